The Kier molecular flexibility index (Phi) is 7.71. The van der Waals surface area contributed by atoms with E-state index in [4.69, 9.17) is 10.5 Å². The van der Waals surface area contributed by atoms with Crippen LogP contribution in [0.25, 0.3) is 0 Å². The molecule has 0 unspecified atom stereocenters. The summed E-state index contributed by atoms with van der Waals surface area (Å²) in [5.74, 6) is -1.76. The van der Waals surface area contributed by atoms with Gasteiger partial charge in [0.1, 0.15) is 6.10 Å². The van der Waals surface area contributed by atoms with Gasteiger partial charge in [0.15, 0.2) is 0 Å². The van der Waals surface area contributed by atoms with E-state index in [-0.39, 0.29) is 5.91 Å². The number of hydrogen-bond acceptors (Lipinski definition) is 4. The van der Waals surface area contributed by atoms with Crippen molar-refractivity contribution in [3.63, 3.8) is 0 Å². The van der Waals surface area contributed by atoms with E-state index >= 15 is 0 Å². The number of benzene rings is 1. The second kappa shape index (κ2) is 10.5. The van der Waals surface area contributed by atoms with E-state index in [1.165, 1.54) is 5.56 Å². The minimum absolute atomic E-state index is 0.104. The van der Waals surface area contributed by atoms with Crippen molar-refractivity contribution in [3.05, 3.63) is 48.0 Å². The number of carbonyl (C=O) groups is 3. The highest BCUT2D eigenvalue weighted by Crippen LogP contribution is 2.35. The molecule has 1 aromatic rings. The van der Waals surface area contributed by atoms with Gasteiger partial charge in [-0.05, 0) is 49.7 Å². The topological polar surface area (TPSA) is 92.9 Å². The van der Waals surface area contributed by atoms with Gasteiger partial charge < -0.3 is 20.3 Å². The van der Waals surface area contributed by atoms with Gasteiger partial charge in [0, 0.05) is 26.7 Å². The third-order valence-corrected chi connectivity index (χ3v) is 6.39. The summed E-state index contributed by atoms with van der Waals surface area (Å²) in [5, 5.41) is 0. The van der Waals surface area contributed by atoms with Crippen molar-refractivity contribution in [1.29, 1.82) is 0 Å². The number of amides is 3. The molecule has 7 nitrogen and oxygen atoms in total. The third-order valence-electron chi connectivity index (χ3n) is 6.39. The molecule has 0 radical (unpaired) electrons. The zero-order valence-corrected chi connectivity index (χ0v) is 18.3. The summed E-state index contributed by atoms with van der Waals surface area (Å²) in [6.07, 6.45) is 5.15. The highest BCUT2D eigenvalue weighted by atomic mass is 16.6. The number of hydrogen-bond donors (Lipinski definition) is 1. The van der Waals surface area contributed by atoms with Crippen molar-refractivity contribution in [1.82, 2.24) is 9.80 Å². The fraction of sp³-hybridized carbons (Fsp3) is 0.542. The van der Waals surface area contributed by atoms with E-state index in [1.54, 1.807) is 16.8 Å². The van der Waals surface area contributed by atoms with Crippen LogP contribution in [0.2, 0.25) is 0 Å². The summed E-state index contributed by atoms with van der Waals surface area (Å²) in [7, 11) is 1.75. The molecule has 3 rings (SSSR count). The molecule has 0 bridgehead atoms. The van der Waals surface area contributed by atoms with Crippen LogP contribution >= 0.6 is 0 Å². The molecule has 1 aliphatic heterocycles. The van der Waals surface area contributed by atoms with E-state index in [9.17, 15) is 14.4 Å². The molecule has 168 valence electrons. The molecular formula is C24H33N3O4. The van der Waals surface area contributed by atoms with Crippen LogP contribution in [-0.2, 0) is 27.3 Å². The van der Waals surface area contributed by atoms with E-state index in [0.29, 0.717) is 32.5 Å². The van der Waals surface area contributed by atoms with Gasteiger partial charge >= 0.3 is 6.09 Å². The summed E-state index contributed by atoms with van der Waals surface area (Å²) >= 11 is 0. The molecule has 2 aliphatic rings. The molecule has 3 amide bonds. The molecule has 2 N–H and O–H groups in total. The molecule has 0 saturated heterocycles. The molecule has 0 spiro atoms. The number of rotatable bonds is 8. The van der Waals surface area contributed by atoms with Crippen molar-refractivity contribution >= 4 is 17.9 Å². The molecule has 1 saturated carbocycles. The van der Waals surface area contributed by atoms with Gasteiger partial charge in [-0.2, -0.15) is 0 Å². The lowest BCUT2D eigenvalue weighted by molar-refractivity contribution is -0.139. The van der Waals surface area contributed by atoms with Gasteiger partial charge in [0.05, 0.1) is 11.8 Å². The number of nitrogens with zero attached hydrogens (tertiary/aromatic N) is 2. The SMILES string of the molecule is C=CCCCCN(C)C(=O)[C@@H]1C[C@H](OC(=O)N2CCc3ccccc3C2)C[C@H]1C(N)=O. The van der Waals surface area contributed by atoms with E-state index in [2.05, 4.69) is 12.6 Å². The van der Waals surface area contributed by atoms with Crippen LogP contribution in [0.15, 0.2) is 36.9 Å². The monoisotopic (exact) mass is 427 g/mol. The molecule has 1 heterocycles. The fourth-order valence-corrected chi connectivity index (χ4v) is 4.57. The number of unbranched alkanes of at least 4 members (excludes halogenated alkanes) is 2. The first-order chi connectivity index (χ1) is 14.9. The number of allylic oxidation sites excluding steroid dienone is 1. The zero-order valence-electron chi connectivity index (χ0n) is 18.3. The van der Waals surface area contributed by atoms with Crippen molar-refractivity contribution < 1.29 is 19.1 Å². The molecule has 7 heteroatoms. The highest BCUT2D eigenvalue weighted by molar-refractivity contribution is 5.87. The largest absolute Gasteiger partial charge is 0.446 e. The molecule has 3 atom stereocenters. The maximum Gasteiger partial charge on any atom is 0.410 e. The van der Waals surface area contributed by atoms with Gasteiger partial charge in [-0.25, -0.2) is 4.79 Å². The standard InChI is InChI=1S/C24H33N3O4/c1-3-4-5-8-12-26(2)23(29)21-15-19(14-20(21)22(25)28)31-24(30)27-13-11-17-9-6-7-10-18(17)16-27/h3,6-7,9-10,19-21H,1,4-5,8,11-16H2,2H3,(H2,25,28)/t19-,20-,21-/m1/s1. The molecule has 31 heavy (non-hydrogen) atoms. The second-order valence-corrected chi connectivity index (χ2v) is 8.58. The fourth-order valence-electron chi connectivity index (χ4n) is 4.57. The maximum atomic E-state index is 12.9. The zero-order chi connectivity index (χ0) is 22.4. The minimum atomic E-state index is -0.608. The number of nitrogens with two attached hydrogens (primary N) is 1. The first kappa shape index (κ1) is 22.8. The van der Waals surface area contributed by atoms with Crippen molar-refractivity contribution in [3.8, 4) is 0 Å². The van der Waals surface area contributed by atoms with Gasteiger partial charge in [-0.1, -0.05) is 30.3 Å². The maximum absolute atomic E-state index is 12.9. The number of fused-ring (bicyclic) bond motifs is 1. The van der Waals surface area contributed by atoms with Gasteiger partial charge in [-0.3, -0.25) is 9.59 Å². The molecule has 1 fully saturated rings. The number of carbonyl (C=O) groups excluding carboxylic acids is 3. The number of ether oxygens (including phenoxy) is 1. The predicted molar refractivity (Wildman–Crippen MR) is 118 cm³/mol. The van der Waals surface area contributed by atoms with Crippen LogP contribution in [0, 0.1) is 11.8 Å². The molecule has 0 aromatic heterocycles. The van der Waals surface area contributed by atoms with Gasteiger partial charge in [0.2, 0.25) is 11.8 Å². The average Bonchev–Trinajstić information content (AvgIpc) is 3.19. The average molecular weight is 428 g/mol. The van der Waals surface area contributed by atoms with Crippen molar-refractivity contribution in [2.75, 3.05) is 20.1 Å². The first-order valence-electron chi connectivity index (χ1n) is 11.1. The van der Waals surface area contributed by atoms with Crippen LogP contribution in [0.4, 0.5) is 4.79 Å². The number of primary amides is 1. The third kappa shape index (κ3) is 5.66. The Bertz CT molecular complexity index is 825. The van der Waals surface area contributed by atoms with Crippen LogP contribution in [-0.4, -0.2) is 53.9 Å². The lowest BCUT2D eigenvalue weighted by atomic mass is 9.94. The summed E-state index contributed by atoms with van der Waals surface area (Å²) in [6.45, 7) is 5.43. The van der Waals surface area contributed by atoms with Crippen LogP contribution < -0.4 is 5.73 Å². The quantitative estimate of drug-likeness (QED) is 0.510. The smallest absolute Gasteiger partial charge is 0.410 e. The normalized spacial score (nSPS) is 22.5. The predicted octanol–water partition coefficient (Wildman–Crippen LogP) is 2.88. The summed E-state index contributed by atoms with van der Waals surface area (Å²) in [5.41, 5.74) is 7.96. The molecule has 1 aliphatic carbocycles. The summed E-state index contributed by atoms with van der Waals surface area (Å²) < 4.78 is 5.72. The lowest BCUT2D eigenvalue weighted by Gasteiger charge is -2.29. The summed E-state index contributed by atoms with van der Waals surface area (Å²) in [4.78, 5) is 41.0. The van der Waals surface area contributed by atoms with Crippen LogP contribution in [0.3, 0.4) is 0 Å². The minimum Gasteiger partial charge on any atom is -0.446 e. The summed E-state index contributed by atoms with van der Waals surface area (Å²) in [6, 6.07) is 8.07. The van der Waals surface area contributed by atoms with Gasteiger partial charge in [0.25, 0.3) is 0 Å². The van der Waals surface area contributed by atoms with Crippen LogP contribution in [0.5, 0.6) is 0 Å². The Morgan fingerprint density at radius 1 is 1.19 bits per heavy atom. The van der Waals surface area contributed by atoms with Crippen LogP contribution in [0.1, 0.15) is 43.2 Å². The Morgan fingerprint density at radius 3 is 2.61 bits per heavy atom. The van der Waals surface area contributed by atoms with Gasteiger partial charge in [-0.15, -0.1) is 6.58 Å². The Labute approximate surface area is 184 Å². The molecular weight excluding hydrogens is 394 g/mol. The Hall–Kier alpha value is -2.83. The van der Waals surface area contributed by atoms with Crippen molar-refractivity contribution in [2.45, 2.75) is 51.2 Å². The van der Waals surface area contributed by atoms with E-state index in [1.807, 2.05) is 24.3 Å². The lowest BCUT2D eigenvalue weighted by Crippen LogP contribution is -2.39. The Morgan fingerprint density at radius 2 is 1.90 bits per heavy atom. The highest BCUT2D eigenvalue weighted by Gasteiger charge is 2.44. The molecule has 1 aromatic carbocycles. The van der Waals surface area contributed by atoms with Crippen molar-refractivity contribution in [2.24, 2.45) is 17.6 Å². The van der Waals surface area contributed by atoms with E-state index < -0.39 is 29.9 Å². The Balaban J connectivity index is 1.57. The second-order valence-electron chi connectivity index (χ2n) is 8.58. The first-order valence-corrected chi connectivity index (χ1v) is 11.1. The van der Waals surface area contributed by atoms with E-state index in [0.717, 1.165) is 31.2 Å².